The van der Waals surface area contributed by atoms with Crippen LogP contribution in [-0.4, -0.2) is 22.2 Å². The first-order valence-corrected chi connectivity index (χ1v) is 8.93. The third-order valence-electron chi connectivity index (χ3n) is 3.68. The lowest BCUT2D eigenvalue weighted by molar-refractivity contribution is -0.122. The smallest absolute Gasteiger partial charge is 0.267 e. The summed E-state index contributed by atoms with van der Waals surface area (Å²) in [5.41, 5.74) is 0.954. The number of fused-ring (bicyclic) bond motifs is 1. The number of carbonyl (C=O) groups excluding carboxylic acids is 1. The van der Waals surface area contributed by atoms with Crippen molar-refractivity contribution in [3.8, 4) is 5.75 Å². The average Bonchev–Trinajstić information content (AvgIpc) is 3.14. The summed E-state index contributed by atoms with van der Waals surface area (Å²) in [7, 11) is 0. The van der Waals surface area contributed by atoms with Gasteiger partial charge in [-0.05, 0) is 30.2 Å². The predicted octanol–water partition coefficient (Wildman–Crippen LogP) is 3.87. The first-order chi connectivity index (χ1) is 11.2. The Hall–Kier alpha value is -1.66. The predicted molar refractivity (Wildman–Crippen MR) is 91.3 cm³/mol. The second kappa shape index (κ2) is 7.27. The Morgan fingerprint density at radius 3 is 3.13 bits per heavy atom. The lowest BCUT2D eigenvalue weighted by Crippen LogP contribution is -2.31. The van der Waals surface area contributed by atoms with E-state index in [0.29, 0.717) is 22.3 Å². The van der Waals surface area contributed by atoms with Crippen LogP contribution in [0.5, 0.6) is 5.75 Å². The first-order valence-electron chi connectivity index (χ1n) is 7.74. The Balaban J connectivity index is 1.56. The molecule has 0 radical (unpaired) electrons. The lowest BCUT2D eigenvalue weighted by Gasteiger charge is -2.08. The van der Waals surface area contributed by atoms with Gasteiger partial charge in [0, 0.05) is 17.9 Å². The summed E-state index contributed by atoms with van der Waals surface area (Å²) >= 11 is 7.39. The molecule has 0 spiro atoms. The Morgan fingerprint density at radius 1 is 1.43 bits per heavy atom. The van der Waals surface area contributed by atoms with Gasteiger partial charge < -0.3 is 4.74 Å². The largest absolute Gasteiger partial charge is 0.480 e. The molecule has 1 aromatic heterocycles. The van der Waals surface area contributed by atoms with E-state index in [1.807, 2.05) is 6.07 Å². The molecule has 1 aromatic carbocycles. The number of rotatable bonds is 6. The molecule has 5 nitrogen and oxygen atoms in total. The minimum Gasteiger partial charge on any atom is -0.480 e. The van der Waals surface area contributed by atoms with Gasteiger partial charge in [-0.1, -0.05) is 42.7 Å². The molecule has 2 heterocycles. The van der Waals surface area contributed by atoms with E-state index in [1.54, 1.807) is 12.1 Å². The molecule has 0 saturated heterocycles. The zero-order chi connectivity index (χ0) is 16.2. The van der Waals surface area contributed by atoms with E-state index in [0.717, 1.165) is 23.4 Å². The van der Waals surface area contributed by atoms with Gasteiger partial charge in [-0.2, -0.15) is 0 Å². The van der Waals surface area contributed by atoms with Crippen LogP contribution in [0.3, 0.4) is 0 Å². The molecule has 122 valence electrons. The van der Waals surface area contributed by atoms with Gasteiger partial charge in [-0.3, -0.25) is 10.1 Å². The van der Waals surface area contributed by atoms with Gasteiger partial charge in [-0.15, -0.1) is 10.2 Å². The maximum Gasteiger partial charge on any atom is 0.267 e. The van der Waals surface area contributed by atoms with Crippen LogP contribution < -0.4 is 10.1 Å². The van der Waals surface area contributed by atoms with Crippen LogP contribution in [0.4, 0.5) is 5.13 Å². The number of nitrogens with zero attached hydrogens (tertiary/aromatic N) is 2. The number of unbranched alkanes of at least 4 members (excludes halogenated alkanes) is 2. The summed E-state index contributed by atoms with van der Waals surface area (Å²) < 4.78 is 5.67. The Morgan fingerprint density at radius 2 is 2.30 bits per heavy atom. The van der Waals surface area contributed by atoms with Crippen LogP contribution in [0.2, 0.25) is 5.02 Å². The van der Waals surface area contributed by atoms with Crippen LogP contribution in [0.25, 0.3) is 0 Å². The molecule has 0 bridgehead atoms. The van der Waals surface area contributed by atoms with Crippen molar-refractivity contribution in [2.24, 2.45) is 0 Å². The molecule has 7 heteroatoms. The van der Waals surface area contributed by atoms with Crippen molar-refractivity contribution in [2.75, 3.05) is 5.32 Å². The molecule has 1 aliphatic heterocycles. The summed E-state index contributed by atoms with van der Waals surface area (Å²) in [6.07, 6.45) is 4.33. The van der Waals surface area contributed by atoms with Gasteiger partial charge in [0.15, 0.2) is 6.10 Å². The summed E-state index contributed by atoms with van der Waals surface area (Å²) in [6, 6.07) is 5.39. The zero-order valence-corrected chi connectivity index (χ0v) is 14.4. The first kappa shape index (κ1) is 16.2. The minimum absolute atomic E-state index is 0.200. The fraction of sp³-hybridized carbons (Fsp3) is 0.438. The third-order valence-corrected chi connectivity index (χ3v) is 4.81. The highest BCUT2D eigenvalue weighted by molar-refractivity contribution is 7.15. The van der Waals surface area contributed by atoms with Gasteiger partial charge in [0.1, 0.15) is 10.8 Å². The Kier molecular flexibility index (Phi) is 5.13. The molecule has 1 amide bonds. The van der Waals surface area contributed by atoms with Crippen molar-refractivity contribution in [3.05, 3.63) is 33.8 Å². The van der Waals surface area contributed by atoms with Crippen molar-refractivity contribution >= 4 is 34.0 Å². The normalized spacial score (nSPS) is 16.0. The standard InChI is InChI=1S/C16H18ClN3O2S/c1-2-3-4-5-14-19-20-16(23-14)18-15(21)13-9-10-8-11(17)6-7-12(10)22-13/h6-8,13H,2-5,9H2,1H3,(H,18,20,21). The van der Waals surface area contributed by atoms with Gasteiger partial charge in [-0.25, -0.2) is 0 Å². The maximum atomic E-state index is 12.3. The highest BCUT2D eigenvalue weighted by Crippen LogP contribution is 2.31. The highest BCUT2D eigenvalue weighted by atomic mass is 35.5. The number of nitrogens with one attached hydrogen (secondary N) is 1. The van der Waals surface area contributed by atoms with Gasteiger partial charge >= 0.3 is 0 Å². The average molecular weight is 352 g/mol. The van der Waals surface area contributed by atoms with Gasteiger partial charge in [0.05, 0.1) is 0 Å². The molecule has 0 aliphatic carbocycles. The number of aryl methyl sites for hydroxylation is 1. The lowest BCUT2D eigenvalue weighted by atomic mass is 10.1. The number of anilines is 1. The Labute approximate surface area is 144 Å². The van der Waals surface area contributed by atoms with Crippen LogP contribution in [0, 0.1) is 0 Å². The fourth-order valence-corrected chi connectivity index (χ4v) is 3.46. The van der Waals surface area contributed by atoms with E-state index >= 15 is 0 Å². The van der Waals surface area contributed by atoms with E-state index in [9.17, 15) is 4.79 Å². The summed E-state index contributed by atoms with van der Waals surface area (Å²) in [4.78, 5) is 12.3. The molecule has 0 fully saturated rings. The molecule has 1 aliphatic rings. The van der Waals surface area contributed by atoms with E-state index < -0.39 is 6.10 Å². The number of carbonyl (C=O) groups is 1. The molecule has 23 heavy (non-hydrogen) atoms. The summed E-state index contributed by atoms with van der Waals surface area (Å²) in [5.74, 6) is 0.514. The molecular weight excluding hydrogens is 334 g/mol. The number of amides is 1. The summed E-state index contributed by atoms with van der Waals surface area (Å²) in [6.45, 7) is 2.17. The van der Waals surface area contributed by atoms with Crippen LogP contribution >= 0.6 is 22.9 Å². The fourth-order valence-electron chi connectivity index (χ4n) is 2.48. The Bertz CT molecular complexity index is 704. The number of benzene rings is 1. The zero-order valence-electron chi connectivity index (χ0n) is 12.8. The molecule has 1 N–H and O–H groups in total. The van der Waals surface area contributed by atoms with Gasteiger partial charge in [0.2, 0.25) is 5.13 Å². The van der Waals surface area contributed by atoms with Crippen molar-refractivity contribution in [3.63, 3.8) is 0 Å². The van der Waals surface area contributed by atoms with Crippen molar-refractivity contribution in [1.29, 1.82) is 0 Å². The number of ether oxygens (including phenoxy) is 1. The molecule has 3 rings (SSSR count). The second-order valence-corrected chi connectivity index (χ2v) is 7.01. The van der Waals surface area contributed by atoms with Gasteiger partial charge in [0.25, 0.3) is 5.91 Å². The van der Waals surface area contributed by atoms with Crippen molar-refractivity contribution in [2.45, 2.75) is 45.1 Å². The minimum atomic E-state index is -0.545. The number of hydrogen-bond donors (Lipinski definition) is 1. The van der Waals surface area contributed by atoms with E-state index in [4.69, 9.17) is 16.3 Å². The van der Waals surface area contributed by atoms with Crippen molar-refractivity contribution < 1.29 is 9.53 Å². The molecule has 1 atom stereocenters. The molecule has 1 unspecified atom stereocenters. The van der Waals surface area contributed by atoms with Crippen molar-refractivity contribution in [1.82, 2.24) is 10.2 Å². The van der Waals surface area contributed by atoms with Crippen LogP contribution in [-0.2, 0) is 17.6 Å². The molecular formula is C16H18ClN3O2S. The SMILES string of the molecule is CCCCCc1nnc(NC(=O)C2Cc3cc(Cl)ccc3O2)s1. The summed E-state index contributed by atoms with van der Waals surface area (Å²) in [5, 5.41) is 13.1. The van der Waals surface area contributed by atoms with Crippen LogP contribution in [0.1, 0.15) is 36.8 Å². The second-order valence-electron chi connectivity index (χ2n) is 5.51. The highest BCUT2D eigenvalue weighted by Gasteiger charge is 2.29. The number of aromatic nitrogens is 2. The van der Waals surface area contributed by atoms with E-state index in [1.165, 1.54) is 24.2 Å². The quantitative estimate of drug-likeness (QED) is 0.802. The number of halogens is 1. The monoisotopic (exact) mass is 351 g/mol. The topological polar surface area (TPSA) is 64.1 Å². The number of hydrogen-bond acceptors (Lipinski definition) is 5. The van der Waals surface area contributed by atoms with E-state index in [-0.39, 0.29) is 5.91 Å². The molecule has 2 aromatic rings. The van der Waals surface area contributed by atoms with E-state index in [2.05, 4.69) is 22.4 Å². The molecule has 0 saturated carbocycles. The third kappa shape index (κ3) is 4.00. The van der Waals surface area contributed by atoms with Crippen LogP contribution in [0.15, 0.2) is 18.2 Å². The maximum absolute atomic E-state index is 12.3.